The number of carbonyl (C=O) groups excluding carboxylic acids is 1. The van der Waals surface area contributed by atoms with E-state index in [9.17, 15) is 4.79 Å². The molecule has 1 unspecified atom stereocenters. The van der Waals surface area contributed by atoms with E-state index in [0.29, 0.717) is 11.7 Å². The minimum atomic E-state index is -0.270. The number of carbonyl (C=O) groups is 1. The Labute approximate surface area is 156 Å². The Morgan fingerprint density at radius 2 is 2.00 bits per heavy atom. The number of hydrogen-bond acceptors (Lipinski definition) is 3. The third kappa shape index (κ3) is 4.60. The number of nitrogens with zero attached hydrogens (tertiary/aromatic N) is 1. The predicted octanol–water partition coefficient (Wildman–Crippen LogP) is 4.37. The van der Waals surface area contributed by atoms with Crippen LogP contribution in [0.3, 0.4) is 0 Å². The summed E-state index contributed by atoms with van der Waals surface area (Å²) in [5.41, 5.74) is 2.58. The normalized spacial score (nSPS) is 17.5. The molecule has 1 aromatic rings. The number of para-hydroxylation sites is 1. The van der Waals surface area contributed by atoms with Crippen LogP contribution >= 0.6 is 12.2 Å². The van der Waals surface area contributed by atoms with Crippen molar-refractivity contribution in [3.05, 3.63) is 41.1 Å². The van der Waals surface area contributed by atoms with Gasteiger partial charge in [-0.1, -0.05) is 44.4 Å². The maximum absolute atomic E-state index is 12.3. The molecule has 0 saturated carbocycles. The summed E-state index contributed by atoms with van der Waals surface area (Å²) in [6.07, 6.45) is 4.65. The van der Waals surface area contributed by atoms with E-state index in [0.717, 1.165) is 29.0 Å². The van der Waals surface area contributed by atoms with E-state index in [1.165, 1.54) is 19.3 Å². The molecular weight excluding hydrogens is 332 g/mol. The largest absolute Gasteiger partial charge is 0.493 e. The first-order valence-corrected chi connectivity index (χ1v) is 9.35. The van der Waals surface area contributed by atoms with Crippen molar-refractivity contribution >= 4 is 23.1 Å². The Morgan fingerprint density at radius 1 is 1.28 bits per heavy atom. The fraction of sp³-hybridized carbons (Fsp3) is 0.500. The number of allylic oxidation sites excluding steroid dienone is 1. The quantitative estimate of drug-likeness (QED) is 0.551. The highest BCUT2D eigenvalue weighted by Gasteiger charge is 2.32. The lowest BCUT2D eigenvalue weighted by Crippen LogP contribution is -2.45. The molecule has 1 aromatic carbocycles. The molecule has 25 heavy (non-hydrogen) atoms. The maximum atomic E-state index is 12.3. The zero-order valence-electron chi connectivity index (χ0n) is 15.6. The molecular formula is C20H28N2O2S. The molecule has 0 saturated heterocycles. The van der Waals surface area contributed by atoms with Crippen molar-refractivity contribution in [3.63, 3.8) is 0 Å². The minimum absolute atomic E-state index is 0.0436. The molecule has 1 N–H and O–H groups in total. The lowest BCUT2D eigenvalue weighted by atomic mass is 9.92. The highest BCUT2D eigenvalue weighted by Crippen LogP contribution is 2.35. The van der Waals surface area contributed by atoms with Gasteiger partial charge in [-0.3, -0.25) is 4.79 Å². The predicted molar refractivity (Wildman–Crippen MR) is 106 cm³/mol. The Bertz CT molecular complexity index is 669. The van der Waals surface area contributed by atoms with Crippen LogP contribution in [-0.2, 0) is 4.79 Å². The van der Waals surface area contributed by atoms with E-state index in [1.807, 2.05) is 43.1 Å². The maximum Gasteiger partial charge on any atom is 0.173 e. The second-order valence-corrected chi connectivity index (χ2v) is 6.83. The summed E-state index contributed by atoms with van der Waals surface area (Å²) in [5.74, 6) is 0.859. The Hall–Kier alpha value is -1.88. The van der Waals surface area contributed by atoms with Gasteiger partial charge in [0.2, 0.25) is 0 Å². The zero-order chi connectivity index (χ0) is 18.4. The Morgan fingerprint density at radius 3 is 2.68 bits per heavy atom. The zero-order valence-corrected chi connectivity index (χ0v) is 16.4. The topological polar surface area (TPSA) is 41.6 Å². The lowest BCUT2D eigenvalue weighted by Gasteiger charge is -2.36. The van der Waals surface area contributed by atoms with Crippen molar-refractivity contribution in [1.82, 2.24) is 10.2 Å². The average Bonchev–Trinajstić information content (AvgIpc) is 2.59. The standard InChI is InChI=1S/C20H28N2O2S/c1-5-6-7-10-13-24-17-12-9-8-11-16(17)19-18(15(3)23)14(2)22(4)20(25)21-19/h8-9,11-12,19H,5-7,10,13H2,1-4H3,(H,21,25). The van der Waals surface area contributed by atoms with Gasteiger partial charge in [0.25, 0.3) is 0 Å². The van der Waals surface area contributed by atoms with Crippen LogP contribution in [0.5, 0.6) is 5.75 Å². The van der Waals surface area contributed by atoms with Crippen LogP contribution in [-0.4, -0.2) is 29.5 Å². The molecule has 0 fully saturated rings. The molecule has 4 nitrogen and oxygen atoms in total. The first kappa shape index (κ1) is 19.4. The monoisotopic (exact) mass is 360 g/mol. The number of nitrogens with one attached hydrogen (secondary N) is 1. The number of unbranched alkanes of at least 4 members (excludes halogenated alkanes) is 3. The molecule has 0 aliphatic carbocycles. The fourth-order valence-electron chi connectivity index (χ4n) is 3.09. The van der Waals surface area contributed by atoms with Crippen LogP contribution in [0.25, 0.3) is 0 Å². The van der Waals surface area contributed by atoms with E-state index in [1.54, 1.807) is 6.92 Å². The number of ether oxygens (including phenoxy) is 1. The Balaban J connectivity index is 2.27. The van der Waals surface area contributed by atoms with Crippen LogP contribution < -0.4 is 10.1 Å². The molecule has 0 amide bonds. The van der Waals surface area contributed by atoms with E-state index >= 15 is 0 Å². The summed E-state index contributed by atoms with van der Waals surface area (Å²) in [5, 5.41) is 3.91. The van der Waals surface area contributed by atoms with Crippen LogP contribution in [0.15, 0.2) is 35.5 Å². The second kappa shape index (κ2) is 8.99. The summed E-state index contributed by atoms with van der Waals surface area (Å²) in [7, 11) is 1.87. The van der Waals surface area contributed by atoms with Gasteiger partial charge in [-0.15, -0.1) is 0 Å². The van der Waals surface area contributed by atoms with Crippen molar-refractivity contribution in [2.45, 2.75) is 52.5 Å². The SMILES string of the molecule is CCCCCCOc1ccccc1C1NC(=S)N(C)C(C)=C1C(C)=O. The second-order valence-electron chi connectivity index (χ2n) is 6.44. The molecule has 0 spiro atoms. The van der Waals surface area contributed by atoms with Crippen LogP contribution in [0, 0.1) is 0 Å². The van der Waals surface area contributed by atoms with Crippen molar-refractivity contribution in [3.8, 4) is 5.75 Å². The molecule has 1 atom stereocenters. The Kier molecular flexibility index (Phi) is 7.00. The molecule has 0 radical (unpaired) electrons. The summed E-state index contributed by atoms with van der Waals surface area (Å²) in [4.78, 5) is 14.1. The molecule has 136 valence electrons. The smallest absolute Gasteiger partial charge is 0.173 e. The van der Waals surface area contributed by atoms with Crippen LogP contribution in [0.2, 0.25) is 0 Å². The highest BCUT2D eigenvalue weighted by atomic mass is 32.1. The molecule has 1 heterocycles. The van der Waals surface area contributed by atoms with Gasteiger partial charge in [0.1, 0.15) is 5.75 Å². The molecule has 0 bridgehead atoms. The van der Waals surface area contributed by atoms with E-state index < -0.39 is 0 Å². The molecule has 0 aromatic heterocycles. The van der Waals surface area contributed by atoms with Crippen molar-refractivity contribution < 1.29 is 9.53 Å². The molecule has 1 aliphatic rings. The third-order valence-corrected chi connectivity index (χ3v) is 5.01. The number of Topliss-reactive ketones (excluding diaryl/α,β-unsaturated/α-hetero) is 1. The van der Waals surface area contributed by atoms with Gasteiger partial charge >= 0.3 is 0 Å². The van der Waals surface area contributed by atoms with Gasteiger partial charge in [0.05, 0.1) is 12.6 Å². The number of rotatable bonds is 8. The summed E-state index contributed by atoms with van der Waals surface area (Å²) in [6, 6.07) is 7.62. The van der Waals surface area contributed by atoms with Gasteiger partial charge < -0.3 is 15.0 Å². The van der Waals surface area contributed by atoms with Gasteiger partial charge in [-0.25, -0.2) is 0 Å². The lowest BCUT2D eigenvalue weighted by molar-refractivity contribution is -0.114. The third-order valence-electron chi connectivity index (χ3n) is 4.62. The van der Waals surface area contributed by atoms with Crippen molar-refractivity contribution in [2.75, 3.05) is 13.7 Å². The molecule has 1 aliphatic heterocycles. The number of ketones is 1. The summed E-state index contributed by atoms with van der Waals surface area (Å²) < 4.78 is 6.03. The van der Waals surface area contributed by atoms with E-state index in [2.05, 4.69) is 12.2 Å². The van der Waals surface area contributed by atoms with Crippen LogP contribution in [0.4, 0.5) is 0 Å². The van der Waals surface area contributed by atoms with Gasteiger partial charge in [-0.2, -0.15) is 0 Å². The van der Waals surface area contributed by atoms with Crippen molar-refractivity contribution in [1.29, 1.82) is 0 Å². The van der Waals surface area contributed by atoms with Gasteiger partial charge in [0, 0.05) is 23.9 Å². The average molecular weight is 361 g/mol. The first-order valence-electron chi connectivity index (χ1n) is 8.95. The minimum Gasteiger partial charge on any atom is -0.493 e. The first-order chi connectivity index (χ1) is 12.0. The van der Waals surface area contributed by atoms with Gasteiger partial charge in [0.15, 0.2) is 10.9 Å². The number of hydrogen-bond donors (Lipinski definition) is 1. The highest BCUT2D eigenvalue weighted by molar-refractivity contribution is 7.80. The summed E-state index contributed by atoms with van der Waals surface area (Å²) in [6.45, 7) is 6.42. The van der Waals surface area contributed by atoms with Crippen LogP contribution in [0.1, 0.15) is 58.1 Å². The molecule has 2 rings (SSSR count). The fourth-order valence-corrected chi connectivity index (χ4v) is 3.34. The van der Waals surface area contributed by atoms with Crippen molar-refractivity contribution in [2.24, 2.45) is 0 Å². The number of thiocarbonyl (C=S) groups is 1. The van der Waals surface area contributed by atoms with E-state index in [4.69, 9.17) is 17.0 Å². The summed E-state index contributed by atoms with van der Waals surface area (Å²) >= 11 is 5.43. The number of benzene rings is 1. The van der Waals surface area contributed by atoms with Gasteiger partial charge in [-0.05, 0) is 38.6 Å². The van der Waals surface area contributed by atoms with E-state index in [-0.39, 0.29) is 11.8 Å². The molecule has 5 heteroatoms.